The van der Waals surface area contributed by atoms with E-state index in [4.69, 9.17) is 10.7 Å². The van der Waals surface area contributed by atoms with Crippen LogP contribution in [0, 0.1) is 0 Å². The van der Waals surface area contributed by atoms with Gasteiger partial charge in [-0.15, -0.1) is 0 Å². The average molecular weight is 396 g/mol. The number of carbonyl (C=O) groups excluding carboxylic acids is 1. The van der Waals surface area contributed by atoms with E-state index >= 15 is 0 Å². The van der Waals surface area contributed by atoms with Gasteiger partial charge in [0.25, 0.3) is 5.91 Å². The van der Waals surface area contributed by atoms with Gasteiger partial charge in [0, 0.05) is 35.8 Å². The van der Waals surface area contributed by atoms with Crippen molar-refractivity contribution in [2.45, 2.75) is 19.9 Å². The molecule has 0 saturated carbocycles. The number of hydrogen-bond donors (Lipinski definition) is 2. The Morgan fingerprint density at radius 3 is 2.47 bits per heavy atom. The van der Waals surface area contributed by atoms with Gasteiger partial charge in [-0.3, -0.25) is 9.78 Å². The largest absolute Gasteiger partial charge is 0.351 e. The lowest BCUT2D eigenvalue weighted by Crippen LogP contribution is -2.25. The Morgan fingerprint density at radius 2 is 1.77 bits per heavy atom. The van der Waals surface area contributed by atoms with Crippen LogP contribution in [0.1, 0.15) is 29.4 Å². The smallest absolute Gasteiger partial charge is 0.270 e. The number of carbonyl (C=O) groups is 1. The third kappa shape index (κ3) is 3.93. The number of pyridine rings is 2. The SMILES string of the molecule is CCCNC(=O)c1nccc2nc(-c3ccc(CN)cc3)c(-c3ccccc3)cc12. The average Bonchev–Trinajstić information content (AvgIpc) is 2.82. The van der Waals surface area contributed by atoms with E-state index in [0.717, 1.165) is 45.3 Å². The molecule has 0 unspecified atom stereocenters. The van der Waals surface area contributed by atoms with E-state index in [2.05, 4.69) is 10.3 Å². The number of aromatic nitrogens is 2. The summed E-state index contributed by atoms with van der Waals surface area (Å²) < 4.78 is 0. The van der Waals surface area contributed by atoms with Gasteiger partial charge in [-0.1, -0.05) is 61.5 Å². The molecule has 0 atom stereocenters. The number of amides is 1. The molecular weight excluding hydrogens is 372 g/mol. The fraction of sp³-hybridized carbons (Fsp3) is 0.160. The number of nitrogens with zero attached hydrogens (tertiary/aromatic N) is 2. The zero-order valence-electron chi connectivity index (χ0n) is 16.9. The van der Waals surface area contributed by atoms with E-state index < -0.39 is 0 Å². The lowest BCUT2D eigenvalue weighted by atomic mass is 9.96. The van der Waals surface area contributed by atoms with Crippen LogP contribution in [0.2, 0.25) is 0 Å². The first kappa shape index (κ1) is 19.7. The summed E-state index contributed by atoms with van der Waals surface area (Å²) in [7, 11) is 0. The van der Waals surface area contributed by atoms with Crippen molar-refractivity contribution in [1.82, 2.24) is 15.3 Å². The Balaban J connectivity index is 1.93. The molecule has 0 aliphatic rings. The summed E-state index contributed by atoms with van der Waals surface area (Å²) in [5, 5.41) is 3.66. The molecule has 2 aromatic carbocycles. The molecule has 4 aromatic rings. The van der Waals surface area contributed by atoms with Crippen LogP contribution in [0.4, 0.5) is 0 Å². The maximum Gasteiger partial charge on any atom is 0.270 e. The molecule has 30 heavy (non-hydrogen) atoms. The molecule has 1 amide bonds. The van der Waals surface area contributed by atoms with Crippen molar-refractivity contribution < 1.29 is 4.79 Å². The standard InChI is InChI=1S/C25H24N4O/c1-2-13-28-25(30)24-21-15-20(18-6-4-3-5-7-18)23(29-22(21)12-14-27-24)19-10-8-17(16-26)9-11-19/h3-12,14-15H,2,13,16,26H2,1H3,(H,28,30). The zero-order valence-corrected chi connectivity index (χ0v) is 16.9. The summed E-state index contributed by atoms with van der Waals surface area (Å²) in [5.41, 5.74) is 11.8. The third-order valence-electron chi connectivity index (χ3n) is 5.04. The van der Waals surface area contributed by atoms with Crippen molar-refractivity contribution in [3.8, 4) is 22.4 Å². The summed E-state index contributed by atoms with van der Waals surface area (Å²) in [5.74, 6) is -0.177. The third-order valence-corrected chi connectivity index (χ3v) is 5.04. The molecule has 5 heteroatoms. The van der Waals surface area contributed by atoms with E-state index in [1.54, 1.807) is 6.20 Å². The van der Waals surface area contributed by atoms with Gasteiger partial charge < -0.3 is 11.1 Å². The molecule has 150 valence electrons. The molecule has 0 spiro atoms. The van der Waals surface area contributed by atoms with Crippen molar-refractivity contribution in [3.05, 3.63) is 84.2 Å². The lowest BCUT2D eigenvalue weighted by molar-refractivity contribution is 0.0950. The molecule has 0 aliphatic heterocycles. The first-order chi connectivity index (χ1) is 14.7. The number of nitrogens with one attached hydrogen (secondary N) is 1. The first-order valence-electron chi connectivity index (χ1n) is 10.1. The minimum absolute atomic E-state index is 0.177. The van der Waals surface area contributed by atoms with Crippen molar-refractivity contribution in [1.29, 1.82) is 0 Å². The van der Waals surface area contributed by atoms with Crippen molar-refractivity contribution in [3.63, 3.8) is 0 Å². The van der Waals surface area contributed by atoms with Crippen LogP contribution in [0.5, 0.6) is 0 Å². The number of fused-ring (bicyclic) bond motifs is 1. The highest BCUT2D eigenvalue weighted by Crippen LogP contribution is 2.34. The Labute approximate surface area is 176 Å². The molecule has 4 rings (SSSR count). The van der Waals surface area contributed by atoms with Crippen LogP contribution in [-0.4, -0.2) is 22.4 Å². The Kier molecular flexibility index (Phi) is 5.82. The van der Waals surface area contributed by atoms with Gasteiger partial charge in [0.2, 0.25) is 0 Å². The highest BCUT2D eigenvalue weighted by Gasteiger charge is 2.17. The highest BCUT2D eigenvalue weighted by atomic mass is 16.1. The molecule has 0 saturated heterocycles. The first-order valence-corrected chi connectivity index (χ1v) is 10.1. The van der Waals surface area contributed by atoms with E-state index in [-0.39, 0.29) is 5.91 Å². The zero-order chi connectivity index (χ0) is 20.9. The van der Waals surface area contributed by atoms with Gasteiger partial charge in [-0.2, -0.15) is 0 Å². The van der Waals surface area contributed by atoms with Crippen LogP contribution in [0.25, 0.3) is 33.3 Å². The van der Waals surface area contributed by atoms with E-state index in [0.29, 0.717) is 18.8 Å². The summed E-state index contributed by atoms with van der Waals surface area (Å²) in [6, 6.07) is 22.1. The molecule has 0 bridgehead atoms. The summed E-state index contributed by atoms with van der Waals surface area (Å²) >= 11 is 0. The second-order valence-corrected chi connectivity index (χ2v) is 7.13. The van der Waals surface area contributed by atoms with Crippen molar-refractivity contribution >= 4 is 16.8 Å². The predicted octanol–water partition coefficient (Wildman–Crippen LogP) is 4.56. The topological polar surface area (TPSA) is 80.9 Å². The molecule has 5 nitrogen and oxygen atoms in total. The minimum atomic E-state index is -0.177. The predicted molar refractivity (Wildman–Crippen MR) is 121 cm³/mol. The number of hydrogen-bond acceptors (Lipinski definition) is 4. The molecule has 2 aromatic heterocycles. The Hall–Kier alpha value is -3.57. The molecule has 0 aliphatic carbocycles. The molecule has 3 N–H and O–H groups in total. The number of rotatable bonds is 6. The maximum atomic E-state index is 12.7. The number of benzene rings is 2. The van der Waals surface area contributed by atoms with E-state index in [1.807, 2.05) is 73.7 Å². The van der Waals surface area contributed by atoms with Gasteiger partial charge in [0.15, 0.2) is 0 Å². The highest BCUT2D eigenvalue weighted by molar-refractivity contribution is 6.06. The summed E-state index contributed by atoms with van der Waals surface area (Å²) in [6.45, 7) is 3.13. The Morgan fingerprint density at radius 1 is 1.00 bits per heavy atom. The van der Waals surface area contributed by atoms with E-state index in [9.17, 15) is 4.79 Å². The second kappa shape index (κ2) is 8.84. The van der Waals surface area contributed by atoms with Gasteiger partial charge in [0.1, 0.15) is 5.69 Å². The molecule has 0 fully saturated rings. The van der Waals surface area contributed by atoms with Crippen LogP contribution in [0.15, 0.2) is 72.9 Å². The normalized spacial score (nSPS) is 10.9. The van der Waals surface area contributed by atoms with Crippen LogP contribution >= 0.6 is 0 Å². The number of nitrogens with two attached hydrogens (primary N) is 1. The van der Waals surface area contributed by atoms with Crippen LogP contribution in [0.3, 0.4) is 0 Å². The lowest BCUT2D eigenvalue weighted by Gasteiger charge is -2.13. The summed E-state index contributed by atoms with van der Waals surface area (Å²) in [4.78, 5) is 22.0. The van der Waals surface area contributed by atoms with Gasteiger partial charge in [0.05, 0.1) is 11.2 Å². The van der Waals surface area contributed by atoms with Gasteiger partial charge in [-0.05, 0) is 29.7 Å². The van der Waals surface area contributed by atoms with Gasteiger partial charge in [-0.25, -0.2) is 4.98 Å². The van der Waals surface area contributed by atoms with Gasteiger partial charge >= 0.3 is 0 Å². The summed E-state index contributed by atoms with van der Waals surface area (Å²) in [6.07, 6.45) is 2.51. The van der Waals surface area contributed by atoms with Crippen molar-refractivity contribution in [2.24, 2.45) is 5.73 Å². The fourth-order valence-corrected chi connectivity index (χ4v) is 3.46. The molecule has 2 heterocycles. The molecular formula is C25H24N4O. The minimum Gasteiger partial charge on any atom is -0.351 e. The quantitative estimate of drug-likeness (QED) is 0.500. The maximum absolute atomic E-state index is 12.7. The molecule has 0 radical (unpaired) electrons. The van der Waals surface area contributed by atoms with Crippen LogP contribution in [-0.2, 0) is 6.54 Å². The Bertz CT molecular complexity index is 1170. The van der Waals surface area contributed by atoms with Crippen molar-refractivity contribution in [2.75, 3.05) is 6.54 Å². The monoisotopic (exact) mass is 396 g/mol. The van der Waals surface area contributed by atoms with E-state index in [1.165, 1.54) is 0 Å². The second-order valence-electron chi connectivity index (χ2n) is 7.13. The van der Waals surface area contributed by atoms with Crippen LogP contribution < -0.4 is 11.1 Å². The fourth-order valence-electron chi connectivity index (χ4n) is 3.46.